The molecule has 0 radical (unpaired) electrons. The summed E-state index contributed by atoms with van der Waals surface area (Å²) in [4.78, 5) is 43.3. The second-order valence-electron chi connectivity index (χ2n) is 7.83. The average Bonchev–Trinajstić information content (AvgIpc) is 3.48. The normalized spacial score (nSPS) is 15.7. The molecule has 4 heterocycles. The van der Waals surface area contributed by atoms with Gasteiger partial charge >= 0.3 is 12.1 Å². The maximum absolute atomic E-state index is 12.8. The fourth-order valence-electron chi connectivity index (χ4n) is 3.97. The number of pyridine rings is 1. The molecule has 0 spiro atoms. The summed E-state index contributed by atoms with van der Waals surface area (Å²) in [6, 6.07) is 8.71. The highest BCUT2D eigenvalue weighted by atomic mass is 32.1. The number of aliphatic hydroxyl groups excluding tert-OH is 1. The molecule has 4 aromatic rings. The number of amides is 2. The lowest BCUT2D eigenvalue weighted by atomic mass is 10.1. The number of carbonyl (C=O) groups is 3. The van der Waals surface area contributed by atoms with Crippen LogP contribution in [0.3, 0.4) is 0 Å². The van der Waals surface area contributed by atoms with Gasteiger partial charge in [0.1, 0.15) is 11.5 Å². The number of aliphatic hydroxyl groups is 1. The highest BCUT2D eigenvalue weighted by molar-refractivity contribution is 7.21. The standard InChI is InChI=1S/C23H19N3O6S2/c1-11-19(22(29)32-23(24)30)14-3-2-13(8-17(14)33-11)31-16-4-6-25-15-9-18(34-20(15)16)21(28)26-7-5-12(27)10-26/h2-4,6,8-9,12,27H,5,7,10H2,1H3,(H2,24,30). The summed E-state index contributed by atoms with van der Waals surface area (Å²) in [6.45, 7) is 2.62. The lowest BCUT2D eigenvalue weighted by molar-refractivity contribution is 0.0639. The SMILES string of the molecule is Cc1sc2cc(Oc3ccnc4cc(C(=O)N5CCC(O)C5)sc34)ccc2c1C(=O)OC(N)=O. The highest BCUT2D eigenvalue weighted by Gasteiger charge is 2.27. The second-order valence-corrected chi connectivity index (χ2v) is 10.1. The number of β-amino-alcohol motifs (C(OH)–C–C–N with tert-alkyl or cyclic N) is 1. The van der Waals surface area contributed by atoms with Crippen LogP contribution in [0.4, 0.5) is 4.79 Å². The van der Waals surface area contributed by atoms with Gasteiger partial charge in [0.2, 0.25) is 0 Å². The number of rotatable bonds is 4. The van der Waals surface area contributed by atoms with Gasteiger partial charge in [-0.25, -0.2) is 9.59 Å². The lowest BCUT2D eigenvalue weighted by Crippen LogP contribution is -2.28. The van der Waals surface area contributed by atoms with E-state index >= 15 is 0 Å². The Balaban J connectivity index is 1.44. The number of primary amides is 1. The number of fused-ring (bicyclic) bond motifs is 2. The van der Waals surface area contributed by atoms with Gasteiger partial charge in [0.05, 0.1) is 26.8 Å². The van der Waals surface area contributed by atoms with Crippen LogP contribution in [0.15, 0.2) is 36.5 Å². The Hall–Kier alpha value is -3.54. The van der Waals surface area contributed by atoms with E-state index < -0.39 is 18.2 Å². The molecule has 1 unspecified atom stereocenters. The maximum atomic E-state index is 12.8. The molecule has 11 heteroatoms. The highest BCUT2D eigenvalue weighted by Crippen LogP contribution is 2.38. The molecule has 5 rings (SSSR count). The number of benzene rings is 1. The Morgan fingerprint density at radius 3 is 2.76 bits per heavy atom. The number of carbonyl (C=O) groups excluding carboxylic acids is 3. The van der Waals surface area contributed by atoms with Crippen molar-refractivity contribution in [1.82, 2.24) is 9.88 Å². The molecular formula is C23H19N3O6S2. The third-order valence-corrected chi connectivity index (χ3v) is 7.69. The molecule has 1 atom stereocenters. The molecule has 9 nitrogen and oxygen atoms in total. The molecule has 3 aromatic heterocycles. The van der Waals surface area contributed by atoms with E-state index in [-0.39, 0.29) is 5.91 Å². The third kappa shape index (κ3) is 4.09. The van der Waals surface area contributed by atoms with Crippen LogP contribution in [0.5, 0.6) is 11.5 Å². The van der Waals surface area contributed by atoms with Crippen LogP contribution < -0.4 is 10.5 Å². The molecule has 0 aliphatic carbocycles. The van der Waals surface area contributed by atoms with Crippen molar-refractivity contribution >= 4 is 60.9 Å². The van der Waals surface area contributed by atoms with Crippen LogP contribution in [-0.4, -0.2) is 52.2 Å². The number of nitrogens with two attached hydrogens (primary N) is 1. The maximum Gasteiger partial charge on any atom is 0.412 e. The number of esters is 1. The molecule has 0 bridgehead atoms. The molecular weight excluding hydrogens is 478 g/mol. The number of ether oxygens (including phenoxy) is 2. The Morgan fingerprint density at radius 2 is 2.03 bits per heavy atom. The first-order chi connectivity index (χ1) is 16.3. The smallest absolute Gasteiger partial charge is 0.412 e. The predicted molar refractivity (Wildman–Crippen MR) is 128 cm³/mol. The molecule has 1 saturated heterocycles. The third-order valence-electron chi connectivity index (χ3n) is 5.50. The van der Waals surface area contributed by atoms with E-state index in [4.69, 9.17) is 10.5 Å². The molecule has 1 aliphatic heterocycles. The van der Waals surface area contributed by atoms with Crippen molar-refractivity contribution in [2.75, 3.05) is 13.1 Å². The predicted octanol–water partition coefficient (Wildman–Crippen LogP) is 4.05. The van der Waals surface area contributed by atoms with E-state index in [9.17, 15) is 19.5 Å². The van der Waals surface area contributed by atoms with Gasteiger partial charge in [-0.05, 0) is 37.6 Å². The largest absolute Gasteiger partial charge is 0.456 e. The van der Waals surface area contributed by atoms with Gasteiger partial charge in [-0.3, -0.25) is 9.78 Å². The van der Waals surface area contributed by atoms with Crippen molar-refractivity contribution in [3.05, 3.63) is 51.8 Å². The van der Waals surface area contributed by atoms with Crippen LogP contribution >= 0.6 is 22.7 Å². The van der Waals surface area contributed by atoms with Crippen LogP contribution in [0, 0.1) is 6.92 Å². The van der Waals surface area contributed by atoms with E-state index in [0.29, 0.717) is 57.2 Å². The average molecular weight is 498 g/mol. The molecule has 1 fully saturated rings. The minimum absolute atomic E-state index is 0.128. The number of likely N-dealkylation sites (tertiary alicyclic amines) is 1. The van der Waals surface area contributed by atoms with Crippen molar-refractivity contribution in [2.24, 2.45) is 5.73 Å². The van der Waals surface area contributed by atoms with Gasteiger partial charge in [-0.1, -0.05) is 0 Å². The summed E-state index contributed by atoms with van der Waals surface area (Å²) >= 11 is 2.67. The van der Waals surface area contributed by atoms with Crippen molar-refractivity contribution in [3.8, 4) is 11.5 Å². The molecule has 3 N–H and O–H groups in total. The van der Waals surface area contributed by atoms with Crippen molar-refractivity contribution in [1.29, 1.82) is 0 Å². The number of aromatic nitrogens is 1. The quantitative estimate of drug-likeness (QED) is 0.321. The number of hydrogen-bond donors (Lipinski definition) is 2. The summed E-state index contributed by atoms with van der Waals surface area (Å²) in [6.07, 6.45) is 0.560. The second kappa shape index (κ2) is 8.67. The van der Waals surface area contributed by atoms with Crippen molar-refractivity contribution in [3.63, 3.8) is 0 Å². The van der Waals surface area contributed by atoms with Gasteiger partial charge < -0.3 is 25.2 Å². The van der Waals surface area contributed by atoms with E-state index in [0.717, 1.165) is 9.40 Å². The summed E-state index contributed by atoms with van der Waals surface area (Å²) < 4.78 is 12.2. The zero-order valence-corrected chi connectivity index (χ0v) is 19.6. The van der Waals surface area contributed by atoms with E-state index in [2.05, 4.69) is 9.72 Å². The zero-order valence-electron chi connectivity index (χ0n) is 17.9. The van der Waals surface area contributed by atoms with Crippen LogP contribution in [-0.2, 0) is 4.74 Å². The number of hydrogen-bond acceptors (Lipinski definition) is 9. The first-order valence-corrected chi connectivity index (χ1v) is 12.0. The summed E-state index contributed by atoms with van der Waals surface area (Å²) in [5.74, 6) is 0.176. The van der Waals surface area contributed by atoms with Gasteiger partial charge in [-0.2, -0.15) is 0 Å². The van der Waals surface area contributed by atoms with Crippen molar-refractivity contribution < 1.29 is 29.0 Å². The minimum Gasteiger partial charge on any atom is -0.456 e. The minimum atomic E-state index is -1.15. The number of nitrogens with zero attached hydrogens (tertiary/aromatic N) is 2. The summed E-state index contributed by atoms with van der Waals surface area (Å²) in [5, 5.41) is 10.4. The van der Waals surface area contributed by atoms with E-state index in [1.54, 1.807) is 48.4 Å². The molecule has 0 saturated carbocycles. The van der Waals surface area contributed by atoms with Crippen molar-refractivity contribution in [2.45, 2.75) is 19.4 Å². The molecule has 34 heavy (non-hydrogen) atoms. The Labute approximate surface area is 201 Å². The van der Waals surface area contributed by atoms with Crippen LogP contribution in [0.1, 0.15) is 31.3 Å². The fourth-order valence-corrected chi connectivity index (χ4v) is 6.08. The van der Waals surface area contributed by atoms with Crippen LogP contribution in [0.2, 0.25) is 0 Å². The first-order valence-electron chi connectivity index (χ1n) is 10.4. The molecule has 1 aromatic carbocycles. The lowest BCUT2D eigenvalue weighted by Gasteiger charge is -2.13. The number of aryl methyl sites for hydroxylation is 1. The fraction of sp³-hybridized carbons (Fsp3) is 0.217. The van der Waals surface area contributed by atoms with Crippen LogP contribution in [0.25, 0.3) is 20.3 Å². The number of thiophene rings is 2. The summed E-state index contributed by atoms with van der Waals surface area (Å²) in [5.41, 5.74) is 5.92. The Morgan fingerprint density at radius 1 is 1.21 bits per heavy atom. The topological polar surface area (TPSA) is 132 Å². The van der Waals surface area contributed by atoms with E-state index in [1.807, 2.05) is 0 Å². The van der Waals surface area contributed by atoms with Gasteiger partial charge in [0.15, 0.2) is 0 Å². The monoisotopic (exact) mass is 497 g/mol. The van der Waals surface area contributed by atoms with Gasteiger partial charge in [0, 0.05) is 40.3 Å². The zero-order chi connectivity index (χ0) is 24.0. The Bertz CT molecular complexity index is 1460. The molecule has 1 aliphatic rings. The van der Waals surface area contributed by atoms with Gasteiger partial charge in [0.25, 0.3) is 5.91 Å². The first kappa shape index (κ1) is 22.3. The Kier molecular flexibility index (Phi) is 5.68. The molecule has 174 valence electrons. The van der Waals surface area contributed by atoms with Gasteiger partial charge in [-0.15, -0.1) is 22.7 Å². The summed E-state index contributed by atoms with van der Waals surface area (Å²) in [7, 11) is 0. The van der Waals surface area contributed by atoms with E-state index in [1.165, 1.54) is 22.7 Å². The molecule has 2 amide bonds.